The van der Waals surface area contributed by atoms with Gasteiger partial charge in [-0.3, -0.25) is 15.4 Å². The van der Waals surface area contributed by atoms with E-state index < -0.39 is 12.1 Å². The minimum absolute atomic E-state index is 0.0817. The third-order valence-corrected chi connectivity index (χ3v) is 3.22. The average molecular weight is 330 g/mol. The first-order chi connectivity index (χ1) is 11.6. The van der Waals surface area contributed by atoms with Gasteiger partial charge in [-0.1, -0.05) is 30.3 Å². The number of anilines is 1. The van der Waals surface area contributed by atoms with Crippen molar-refractivity contribution in [3.63, 3.8) is 0 Å². The molecule has 0 radical (unpaired) electrons. The molecule has 1 atom stereocenters. The SMILES string of the molecule is CCOC(=O)Nc1ccc(OCC(c2ccccc2)[N+](=O)[O-])cc1. The van der Waals surface area contributed by atoms with Crippen molar-refractivity contribution in [2.24, 2.45) is 0 Å². The van der Waals surface area contributed by atoms with E-state index in [0.29, 0.717) is 17.0 Å². The lowest BCUT2D eigenvalue weighted by Gasteiger charge is -2.12. The molecule has 0 aliphatic rings. The second-order valence-electron chi connectivity index (χ2n) is 4.89. The van der Waals surface area contributed by atoms with Gasteiger partial charge in [0, 0.05) is 16.2 Å². The summed E-state index contributed by atoms with van der Waals surface area (Å²) in [6.07, 6.45) is -0.538. The second kappa shape index (κ2) is 8.52. The Balaban J connectivity index is 1.95. The smallest absolute Gasteiger partial charge is 0.411 e. The van der Waals surface area contributed by atoms with Crippen molar-refractivity contribution in [2.45, 2.75) is 13.0 Å². The lowest BCUT2D eigenvalue weighted by atomic mass is 10.1. The zero-order valence-electron chi connectivity index (χ0n) is 13.2. The number of nitrogens with zero attached hydrogens (tertiary/aromatic N) is 1. The summed E-state index contributed by atoms with van der Waals surface area (Å²) < 4.78 is 10.3. The molecule has 24 heavy (non-hydrogen) atoms. The molecule has 0 aliphatic carbocycles. The Morgan fingerprint density at radius 2 is 1.83 bits per heavy atom. The summed E-state index contributed by atoms with van der Waals surface area (Å²) in [6.45, 7) is 1.92. The molecule has 0 aliphatic heterocycles. The maximum atomic E-state index is 11.3. The first-order valence-corrected chi connectivity index (χ1v) is 7.45. The standard InChI is InChI=1S/C17H18N2O5/c1-2-23-17(20)18-14-8-10-15(11-9-14)24-12-16(19(21)22)13-6-4-3-5-7-13/h3-11,16H,2,12H2,1H3,(H,18,20). The summed E-state index contributed by atoms with van der Waals surface area (Å²) >= 11 is 0. The summed E-state index contributed by atoms with van der Waals surface area (Å²) in [6, 6.07) is 14.3. The number of carbonyl (C=O) groups excluding carboxylic acids is 1. The van der Waals surface area contributed by atoms with Gasteiger partial charge in [0.1, 0.15) is 5.75 Å². The molecule has 1 N–H and O–H groups in total. The van der Waals surface area contributed by atoms with Crippen LogP contribution in [-0.4, -0.2) is 24.2 Å². The highest BCUT2D eigenvalue weighted by Gasteiger charge is 2.23. The topological polar surface area (TPSA) is 90.7 Å². The van der Waals surface area contributed by atoms with E-state index in [1.165, 1.54) is 0 Å². The summed E-state index contributed by atoms with van der Waals surface area (Å²) in [4.78, 5) is 22.2. The number of carbonyl (C=O) groups is 1. The van der Waals surface area contributed by atoms with Gasteiger partial charge in [0.2, 0.25) is 0 Å². The van der Waals surface area contributed by atoms with Crippen molar-refractivity contribution >= 4 is 11.8 Å². The molecule has 1 amide bonds. The lowest BCUT2D eigenvalue weighted by Crippen LogP contribution is -2.18. The maximum Gasteiger partial charge on any atom is 0.411 e. The van der Waals surface area contributed by atoms with Gasteiger partial charge in [0.05, 0.1) is 6.61 Å². The van der Waals surface area contributed by atoms with Crippen molar-refractivity contribution in [1.82, 2.24) is 0 Å². The highest BCUT2D eigenvalue weighted by atomic mass is 16.6. The molecule has 126 valence electrons. The van der Waals surface area contributed by atoms with E-state index in [-0.39, 0.29) is 18.1 Å². The fourth-order valence-electron chi connectivity index (χ4n) is 2.05. The lowest BCUT2D eigenvalue weighted by molar-refractivity contribution is -0.531. The summed E-state index contributed by atoms with van der Waals surface area (Å²) in [5.74, 6) is 0.479. The maximum absolute atomic E-state index is 11.3. The Morgan fingerprint density at radius 3 is 2.42 bits per heavy atom. The van der Waals surface area contributed by atoms with E-state index in [1.54, 1.807) is 61.5 Å². The van der Waals surface area contributed by atoms with E-state index in [9.17, 15) is 14.9 Å². The molecule has 7 nitrogen and oxygen atoms in total. The number of ether oxygens (including phenoxy) is 2. The van der Waals surface area contributed by atoms with E-state index in [2.05, 4.69) is 5.32 Å². The normalized spacial score (nSPS) is 11.4. The summed E-state index contributed by atoms with van der Waals surface area (Å²) in [5, 5.41) is 13.8. The highest BCUT2D eigenvalue weighted by Crippen LogP contribution is 2.20. The summed E-state index contributed by atoms with van der Waals surface area (Å²) in [7, 11) is 0. The van der Waals surface area contributed by atoms with Crippen LogP contribution in [0, 0.1) is 10.1 Å². The van der Waals surface area contributed by atoms with Crippen LogP contribution in [-0.2, 0) is 4.74 Å². The monoisotopic (exact) mass is 330 g/mol. The zero-order chi connectivity index (χ0) is 17.4. The molecular formula is C17H18N2O5. The van der Waals surface area contributed by atoms with Crippen molar-refractivity contribution in [1.29, 1.82) is 0 Å². The quantitative estimate of drug-likeness (QED) is 0.618. The average Bonchev–Trinajstić information content (AvgIpc) is 2.57. The van der Waals surface area contributed by atoms with Crippen LogP contribution in [0.15, 0.2) is 54.6 Å². The Hall–Kier alpha value is -3.09. The van der Waals surface area contributed by atoms with Crippen LogP contribution in [0.4, 0.5) is 10.5 Å². The molecule has 0 spiro atoms. The van der Waals surface area contributed by atoms with Crippen LogP contribution in [0.3, 0.4) is 0 Å². The highest BCUT2D eigenvalue weighted by molar-refractivity contribution is 5.84. The van der Waals surface area contributed by atoms with E-state index in [0.717, 1.165) is 0 Å². The zero-order valence-corrected chi connectivity index (χ0v) is 13.2. The Bertz CT molecular complexity index is 673. The van der Waals surface area contributed by atoms with Crippen LogP contribution in [0.25, 0.3) is 0 Å². The third kappa shape index (κ3) is 4.98. The number of hydrogen-bond donors (Lipinski definition) is 1. The van der Waals surface area contributed by atoms with Gasteiger partial charge in [-0.2, -0.15) is 0 Å². The molecule has 2 rings (SSSR count). The van der Waals surface area contributed by atoms with Crippen molar-refractivity contribution in [3.05, 3.63) is 70.3 Å². The minimum Gasteiger partial charge on any atom is -0.486 e. The third-order valence-electron chi connectivity index (χ3n) is 3.22. The number of nitrogens with one attached hydrogen (secondary N) is 1. The Kier molecular flexibility index (Phi) is 6.13. The molecule has 0 fully saturated rings. The molecule has 0 saturated carbocycles. The van der Waals surface area contributed by atoms with Gasteiger partial charge in [0.25, 0.3) is 6.04 Å². The van der Waals surface area contributed by atoms with Crippen LogP contribution >= 0.6 is 0 Å². The predicted molar refractivity (Wildman–Crippen MR) is 88.8 cm³/mol. The molecule has 1 unspecified atom stereocenters. The fraction of sp³-hybridized carbons (Fsp3) is 0.235. The predicted octanol–water partition coefficient (Wildman–Crippen LogP) is 3.65. The summed E-state index contributed by atoms with van der Waals surface area (Å²) in [5.41, 5.74) is 1.14. The van der Waals surface area contributed by atoms with Crippen LogP contribution in [0.5, 0.6) is 5.75 Å². The van der Waals surface area contributed by atoms with Gasteiger partial charge in [-0.25, -0.2) is 4.79 Å². The molecular weight excluding hydrogens is 312 g/mol. The Morgan fingerprint density at radius 1 is 1.17 bits per heavy atom. The van der Waals surface area contributed by atoms with Crippen LogP contribution in [0.2, 0.25) is 0 Å². The first-order valence-electron chi connectivity index (χ1n) is 7.45. The van der Waals surface area contributed by atoms with Crippen LogP contribution in [0.1, 0.15) is 18.5 Å². The molecule has 2 aromatic rings. The number of rotatable bonds is 7. The number of benzene rings is 2. The van der Waals surface area contributed by atoms with E-state index in [1.807, 2.05) is 0 Å². The number of hydrogen-bond acceptors (Lipinski definition) is 5. The van der Waals surface area contributed by atoms with Gasteiger partial charge >= 0.3 is 6.09 Å². The van der Waals surface area contributed by atoms with Gasteiger partial charge < -0.3 is 9.47 Å². The molecule has 2 aromatic carbocycles. The molecule has 0 bridgehead atoms. The number of nitro groups is 1. The molecule has 0 heterocycles. The fourth-order valence-corrected chi connectivity index (χ4v) is 2.05. The molecule has 7 heteroatoms. The van der Waals surface area contributed by atoms with Gasteiger partial charge in [-0.15, -0.1) is 0 Å². The molecule has 0 aromatic heterocycles. The van der Waals surface area contributed by atoms with Crippen molar-refractivity contribution < 1.29 is 19.2 Å². The minimum atomic E-state index is -0.941. The van der Waals surface area contributed by atoms with Gasteiger partial charge in [0.15, 0.2) is 6.61 Å². The van der Waals surface area contributed by atoms with Crippen molar-refractivity contribution in [3.8, 4) is 5.75 Å². The Labute approximate surface area is 139 Å². The van der Waals surface area contributed by atoms with Crippen molar-refractivity contribution in [2.75, 3.05) is 18.5 Å². The van der Waals surface area contributed by atoms with Crippen LogP contribution < -0.4 is 10.1 Å². The number of amides is 1. The first kappa shape index (κ1) is 17.3. The van der Waals surface area contributed by atoms with E-state index >= 15 is 0 Å². The largest absolute Gasteiger partial charge is 0.486 e. The van der Waals surface area contributed by atoms with Gasteiger partial charge in [-0.05, 0) is 31.2 Å². The molecule has 0 saturated heterocycles. The van der Waals surface area contributed by atoms with E-state index in [4.69, 9.17) is 9.47 Å². The second-order valence-corrected chi connectivity index (χ2v) is 4.89.